The van der Waals surface area contributed by atoms with Crippen molar-refractivity contribution in [3.05, 3.63) is 0 Å². The summed E-state index contributed by atoms with van der Waals surface area (Å²) in [5.41, 5.74) is 0. The summed E-state index contributed by atoms with van der Waals surface area (Å²) < 4.78 is 13.2. The van der Waals surface area contributed by atoms with Gasteiger partial charge in [0.1, 0.15) is 12.5 Å². The number of unbranched alkanes of at least 4 members (excludes halogenated alkanes) is 3. The minimum absolute atomic E-state index is 0.156. The predicted molar refractivity (Wildman–Crippen MR) is 61.0 cm³/mol. The first kappa shape index (κ1) is 12.3. The Kier molecular flexibility index (Phi) is 5.43. The van der Waals surface area contributed by atoms with Crippen LogP contribution in [-0.4, -0.2) is 29.2 Å². The molecule has 1 heterocycles. The fraction of sp³-hybridized carbons (Fsp3) is 0.909. The molecule has 1 rings (SSSR count). The van der Waals surface area contributed by atoms with E-state index in [1.54, 1.807) is 0 Å². The molecule has 0 bridgehead atoms. The Balaban J connectivity index is 2.24. The van der Waals surface area contributed by atoms with Crippen molar-refractivity contribution in [2.24, 2.45) is 5.10 Å². The van der Waals surface area contributed by atoms with Gasteiger partial charge in [0.05, 0.1) is 0 Å². The largest absolute Gasteiger partial charge is 0.270 e. The second-order valence-electron chi connectivity index (χ2n) is 4.07. The van der Waals surface area contributed by atoms with E-state index in [0.717, 1.165) is 30.9 Å². The molecule has 0 aliphatic carbocycles. The molecule has 0 fully saturated rings. The normalized spacial score (nSPS) is 20.3. The summed E-state index contributed by atoms with van der Waals surface area (Å²) >= 11 is 0. The molecule has 15 heavy (non-hydrogen) atoms. The van der Waals surface area contributed by atoms with Gasteiger partial charge in [0.25, 0.3) is 0 Å². The number of halogens is 1. The third-order valence-corrected chi connectivity index (χ3v) is 2.73. The van der Waals surface area contributed by atoms with Crippen LogP contribution in [0.4, 0.5) is 4.48 Å². The molecule has 3 nitrogen and oxygen atoms in total. The monoisotopic (exact) mass is 215 g/mol. The van der Waals surface area contributed by atoms with Gasteiger partial charge in [0, 0.05) is 6.54 Å². The van der Waals surface area contributed by atoms with Crippen LogP contribution >= 0.6 is 0 Å². The smallest absolute Gasteiger partial charge is 0.149 e. The maximum absolute atomic E-state index is 13.2. The molecule has 1 atom stereocenters. The lowest BCUT2D eigenvalue weighted by atomic mass is 10.2. The van der Waals surface area contributed by atoms with Gasteiger partial charge in [0.15, 0.2) is 0 Å². The molecule has 0 N–H and O–H groups in total. The second kappa shape index (κ2) is 6.64. The van der Waals surface area contributed by atoms with Crippen LogP contribution in [0.2, 0.25) is 0 Å². The van der Waals surface area contributed by atoms with Crippen LogP contribution in [-0.2, 0) is 0 Å². The zero-order valence-electron chi connectivity index (χ0n) is 9.82. The van der Waals surface area contributed by atoms with Crippen molar-refractivity contribution in [1.29, 1.82) is 0 Å². The molecule has 1 aliphatic rings. The first-order valence-corrected chi connectivity index (χ1v) is 6.04. The average Bonchev–Trinajstić information content (AvgIpc) is 2.57. The lowest BCUT2D eigenvalue weighted by Gasteiger charge is -2.24. The van der Waals surface area contributed by atoms with Gasteiger partial charge in [-0.25, -0.2) is 0 Å². The topological polar surface area (TPSA) is 18.8 Å². The summed E-state index contributed by atoms with van der Waals surface area (Å²) in [5.74, 6) is 0. The summed E-state index contributed by atoms with van der Waals surface area (Å²) in [6.45, 7) is 5.14. The molecule has 88 valence electrons. The average molecular weight is 215 g/mol. The van der Waals surface area contributed by atoms with Crippen molar-refractivity contribution in [2.45, 2.75) is 58.5 Å². The molecule has 1 aliphatic heterocycles. The summed E-state index contributed by atoms with van der Waals surface area (Å²) in [4.78, 5) is 0. The summed E-state index contributed by atoms with van der Waals surface area (Å²) in [6, 6.07) is 0. The van der Waals surface area contributed by atoms with Crippen LogP contribution in [0.25, 0.3) is 0 Å². The quantitative estimate of drug-likeness (QED) is 0.480. The summed E-state index contributed by atoms with van der Waals surface area (Å²) in [5, 5.41) is 6.67. The van der Waals surface area contributed by atoms with Gasteiger partial charge in [-0.05, 0) is 12.8 Å². The van der Waals surface area contributed by atoms with E-state index in [9.17, 15) is 4.48 Å². The molecule has 0 aromatic rings. The van der Waals surface area contributed by atoms with E-state index in [1.807, 2.05) is 5.01 Å². The maximum atomic E-state index is 13.2. The van der Waals surface area contributed by atoms with Gasteiger partial charge in [-0.1, -0.05) is 44.0 Å². The summed E-state index contributed by atoms with van der Waals surface area (Å²) in [7, 11) is 0. The van der Waals surface area contributed by atoms with Crippen molar-refractivity contribution in [3.63, 3.8) is 0 Å². The van der Waals surface area contributed by atoms with E-state index in [-0.39, 0.29) is 6.17 Å². The van der Waals surface area contributed by atoms with E-state index in [1.165, 1.54) is 25.6 Å². The number of rotatable bonds is 7. The van der Waals surface area contributed by atoms with Gasteiger partial charge in [-0.2, -0.15) is 10.2 Å². The SMILES string of the molecule is CCCCCCN1N=CN(F)C1CCC. The lowest BCUT2D eigenvalue weighted by Crippen LogP contribution is -2.35. The second-order valence-corrected chi connectivity index (χ2v) is 4.07. The minimum atomic E-state index is -0.156. The van der Waals surface area contributed by atoms with Gasteiger partial charge in [-0.15, -0.1) is 0 Å². The standard InChI is InChI=1S/C11H22FN3/c1-3-5-6-7-9-15-11(8-4-2)14(12)10-13-15/h10-11H,3-9H2,1-2H3. The third-order valence-electron chi connectivity index (χ3n) is 2.73. The minimum Gasteiger partial charge on any atom is -0.270 e. The first-order chi connectivity index (χ1) is 7.29. The van der Waals surface area contributed by atoms with Crippen LogP contribution in [0.5, 0.6) is 0 Å². The number of hydrogen-bond acceptors (Lipinski definition) is 3. The highest BCUT2D eigenvalue weighted by Gasteiger charge is 2.26. The number of hydrazone groups is 1. The molecule has 0 amide bonds. The van der Waals surface area contributed by atoms with E-state index in [2.05, 4.69) is 18.9 Å². The van der Waals surface area contributed by atoms with Gasteiger partial charge < -0.3 is 0 Å². The van der Waals surface area contributed by atoms with E-state index in [4.69, 9.17) is 0 Å². The molecular weight excluding hydrogens is 193 g/mol. The fourth-order valence-electron chi connectivity index (χ4n) is 1.83. The van der Waals surface area contributed by atoms with E-state index in [0.29, 0.717) is 0 Å². The predicted octanol–water partition coefficient (Wildman–Crippen LogP) is 3.14. The molecule has 0 saturated carbocycles. The molecule has 0 aromatic carbocycles. The number of hydrogen-bond donors (Lipinski definition) is 0. The van der Waals surface area contributed by atoms with Crippen molar-refractivity contribution >= 4 is 6.34 Å². The molecular formula is C11H22FN3. The van der Waals surface area contributed by atoms with Crippen LogP contribution in [0.3, 0.4) is 0 Å². The van der Waals surface area contributed by atoms with Crippen LogP contribution < -0.4 is 0 Å². The Morgan fingerprint density at radius 1 is 1.20 bits per heavy atom. The van der Waals surface area contributed by atoms with Crippen LogP contribution in [0.15, 0.2) is 5.10 Å². The van der Waals surface area contributed by atoms with Crippen LogP contribution in [0, 0.1) is 0 Å². The molecule has 1 unspecified atom stereocenters. The first-order valence-electron chi connectivity index (χ1n) is 6.04. The molecule has 0 spiro atoms. The molecule has 0 radical (unpaired) electrons. The zero-order valence-corrected chi connectivity index (χ0v) is 9.82. The Bertz CT molecular complexity index is 196. The highest BCUT2D eigenvalue weighted by atomic mass is 19.2. The molecule has 4 heteroatoms. The lowest BCUT2D eigenvalue weighted by molar-refractivity contribution is -0.000835. The van der Waals surface area contributed by atoms with E-state index >= 15 is 0 Å². The van der Waals surface area contributed by atoms with Crippen molar-refractivity contribution in [3.8, 4) is 0 Å². The van der Waals surface area contributed by atoms with Crippen molar-refractivity contribution < 1.29 is 4.48 Å². The van der Waals surface area contributed by atoms with E-state index < -0.39 is 0 Å². The highest BCUT2D eigenvalue weighted by molar-refractivity contribution is 5.55. The number of nitrogens with zero attached hydrogens (tertiary/aromatic N) is 3. The van der Waals surface area contributed by atoms with Gasteiger partial charge in [0.2, 0.25) is 0 Å². The highest BCUT2D eigenvalue weighted by Crippen LogP contribution is 2.18. The Morgan fingerprint density at radius 2 is 2.00 bits per heavy atom. The van der Waals surface area contributed by atoms with Crippen molar-refractivity contribution in [1.82, 2.24) is 10.1 Å². The van der Waals surface area contributed by atoms with Gasteiger partial charge in [-0.3, -0.25) is 5.01 Å². The fourth-order valence-corrected chi connectivity index (χ4v) is 1.83. The Morgan fingerprint density at radius 3 is 2.67 bits per heavy atom. The molecule has 0 aromatic heterocycles. The van der Waals surface area contributed by atoms with Crippen LogP contribution in [0.1, 0.15) is 52.4 Å². The maximum Gasteiger partial charge on any atom is 0.149 e. The van der Waals surface area contributed by atoms with Crippen molar-refractivity contribution in [2.75, 3.05) is 6.54 Å². The Labute approximate surface area is 91.9 Å². The zero-order chi connectivity index (χ0) is 11.1. The Hall–Kier alpha value is -0.800. The van der Waals surface area contributed by atoms with Gasteiger partial charge >= 0.3 is 0 Å². The summed E-state index contributed by atoms with van der Waals surface area (Å²) in [6.07, 6.45) is 7.78. The third kappa shape index (κ3) is 3.68. The molecule has 0 saturated heterocycles.